The Hall–Kier alpha value is -1.70. The Kier molecular flexibility index (Phi) is 5.34. The first kappa shape index (κ1) is 18.7. The van der Waals surface area contributed by atoms with E-state index in [2.05, 4.69) is 0 Å². The number of amides is 2. The number of benzene rings is 1. The van der Waals surface area contributed by atoms with Gasteiger partial charge in [-0.2, -0.15) is 0 Å². The molecule has 2 aliphatic heterocycles. The average Bonchev–Trinajstić information content (AvgIpc) is 3.10. The molecular weight excluding hydrogens is 386 g/mol. The lowest BCUT2D eigenvalue weighted by Gasteiger charge is -2.39. The van der Waals surface area contributed by atoms with Crippen molar-refractivity contribution in [1.82, 2.24) is 14.8 Å². The van der Waals surface area contributed by atoms with E-state index in [1.165, 1.54) is 6.92 Å². The van der Waals surface area contributed by atoms with E-state index in [-0.39, 0.29) is 18.4 Å². The van der Waals surface area contributed by atoms with Crippen molar-refractivity contribution in [2.45, 2.75) is 31.7 Å². The van der Waals surface area contributed by atoms with Gasteiger partial charge in [-0.15, -0.1) is 11.3 Å². The van der Waals surface area contributed by atoms with Crippen molar-refractivity contribution < 1.29 is 14.3 Å². The molecule has 0 saturated carbocycles. The van der Waals surface area contributed by atoms with Crippen molar-refractivity contribution in [2.24, 2.45) is 0 Å². The molecule has 1 aromatic carbocycles. The molecule has 0 unspecified atom stereocenters. The molecule has 0 spiro atoms. The second-order valence-corrected chi connectivity index (χ2v) is 8.57. The fourth-order valence-electron chi connectivity index (χ4n) is 3.84. The molecule has 1 aromatic heterocycles. The molecule has 1 atom stereocenters. The topological polar surface area (TPSA) is 62.7 Å². The van der Waals surface area contributed by atoms with E-state index in [9.17, 15) is 9.59 Å². The molecular formula is C19H22ClN3O3S. The monoisotopic (exact) mass is 407 g/mol. The minimum atomic E-state index is -0.489. The summed E-state index contributed by atoms with van der Waals surface area (Å²) >= 11 is 7.77. The van der Waals surface area contributed by atoms with Crippen molar-refractivity contribution in [3.63, 3.8) is 0 Å². The molecule has 0 N–H and O–H groups in total. The van der Waals surface area contributed by atoms with Crippen molar-refractivity contribution in [3.8, 4) is 0 Å². The molecule has 2 aliphatic rings. The molecule has 144 valence electrons. The fourth-order valence-corrected chi connectivity index (χ4v) is 5.12. The minimum Gasteiger partial charge on any atom is -0.377 e. The SMILES string of the molecule is CC(=O)N1CCOC[C@@H]1C(=O)N1CCC(c2nc3cc(Cl)ccc3s2)CC1. The number of hydrogen-bond acceptors (Lipinski definition) is 5. The number of carbonyl (C=O) groups is 2. The zero-order valence-electron chi connectivity index (χ0n) is 15.2. The maximum atomic E-state index is 12.9. The first-order valence-corrected chi connectivity index (χ1v) is 10.4. The number of hydrogen-bond donors (Lipinski definition) is 0. The Balaban J connectivity index is 1.41. The molecule has 6 nitrogen and oxygen atoms in total. The van der Waals surface area contributed by atoms with Crippen LogP contribution in [0.5, 0.6) is 0 Å². The molecule has 0 aliphatic carbocycles. The van der Waals surface area contributed by atoms with Gasteiger partial charge < -0.3 is 14.5 Å². The number of nitrogens with zero attached hydrogens (tertiary/aromatic N) is 3. The lowest BCUT2D eigenvalue weighted by atomic mass is 9.97. The van der Waals surface area contributed by atoms with Crippen molar-refractivity contribution >= 4 is 45.0 Å². The summed E-state index contributed by atoms with van der Waals surface area (Å²) in [6.07, 6.45) is 1.76. The van der Waals surface area contributed by atoms with Crippen LogP contribution < -0.4 is 0 Å². The average molecular weight is 408 g/mol. The molecule has 27 heavy (non-hydrogen) atoms. The van der Waals surface area contributed by atoms with Gasteiger partial charge in [-0.05, 0) is 31.0 Å². The van der Waals surface area contributed by atoms with E-state index >= 15 is 0 Å². The molecule has 2 amide bonds. The largest absolute Gasteiger partial charge is 0.377 e. The number of carbonyl (C=O) groups excluding carboxylic acids is 2. The predicted octanol–water partition coefficient (Wildman–Crippen LogP) is 2.90. The number of rotatable bonds is 2. The van der Waals surface area contributed by atoms with E-state index in [0.717, 1.165) is 28.1 Å². The first-order valence-electron chi connectivity index (χ1n) is 9.22. The molecule has 2 aromatic rings. The zero-order valence-corrected chi connectivity index (χ0v) is 16.8. The second kappa shape index (κ2) is 7.73. The number of thiazole rings is 1. The van der Waals surface area contributed by atoms with Crippen LogP contribution in [0.4, 0.5) is 0 Å². The van der Waals surface area contributed by atoms with Gasteiger partial charge in [-0.25, -0.2) is 4.98 Å². The molecule has 4 rings (SSSR count). The summed E-state index contributed by atoms with van der Waals surface area (Å²) in [5, 5.41) is 1.82. The molecule has 2 saturated heterocycles. The molecule has 3 heterocycles. The van der Waals surface area contributed by atoms with Gasteiger partial charge in [-0.3, -0.25) is 9.59 Å². The molecule has 0 bridgehead atoms. The quantitative estimate of drug-likeness (QED) is 0.767. The van der Waals surface area contributed by atoms with Crippen LogP contribution in [0.1, 0.15) is 30.7 Å². The number of halogens is 1. The lowest BCUT2D eigenvalue weighted by molar-refractivity contribution is -0.153. The van der Waals surface area contributed by atoms with E-state index < -0.39 is 6.04 Å². The smallest absolute Gasteiger partial charge is 0.247 e. The van der Waals surface area contributed by atoms with E-state index in [4.69, 9.17) is 21.3 Å². The molecule has 2 fully saturated rings. The van der Waals surface area contributed by atoms with Crippen LogP contribution in [-0.4, -0.2) is 65.5 Å². The van der Waals surface area contributed by atoms with Crippen LogP contribution >= 0.6 is 22.9 Å². The summed E-state index contributed by atoms with van der Waals surface area (Å²) in [6.45, 7) is 4.14. The molecule has 0 radical (unpaired) electrons. The predicted molar refractivity (Wildman–Crippen MR) is 105 cm³/mol. The number of fused-ring (bicyclic) bond motifs is 1. The molecule has 8 heteroatoms. The standard InChI is InChI=1S/C19H22ClN3O3S/c1-12(24)23-8-9-26-11-16(23)19(25)22-6-4-13(5-7-22)18-21-15-10-14(20)2-3-17(15)27-18/h2-3,10,13,16H,4-9,11H2,1H3/t16-/m1/s1. The van der Waals surface area contributed by atoms with Gasteiger partial charge in [0.05, 0.1) is 28.4 Å². The maximum absolute atomic E-state index is 12.9. The number of aromatic nitrogens is 1. The van der Waals surface area contributed by atoms with Gasteiger partial charge in [-0.1, -0.05) is 11.6 Å². The van der Waals surface area contributed by atoms with Gasteiger partial charge in [0, 0.05) is 37.5 Å². The highest BCUT2D eigenvalue weighted by atomic mass is 35.5. The van der Waals surface area contributed by atoms with Crippen LogP contribution in [0.25, 0.3) is 10.2 Å². The number of piperidine rings is 1. The third kappa shape index (κ3) is 3.81. The number of ether oxygens (including phenoxy) is 1. The van der Waals surface area contributed by atoms with E-state index in [1.54, 1.807) is 16.2 Å². The Labute approximate surface area is 167 Å². The fraction of sp³-hybridized carbons (Fsp3) is 0.526. The van der Waals surface area contributed by atoms with Gasteiger partial charge in [0.2, 0.25) is 11.8 Å². The van der Waals surface area contributed by atoms with Gasteiger partial charge >= 0.3 is 0 Å². The third-order valence-corrected chi connectivity index (χ3v) is 6.77. The number of morpholine rings is 1. The Bertz CT molecular complexity index is 863. The van der Waals surface area contributed by atoms with Gasteiger partial charge in [0.1, 0.15) is 6.04 Å². The summed E-state index contributed by atoms with van der Waals surface area (Å²) < 4.78 is 6.59. The maximum Gasteiger partial charge on any atom is 0.247 e. The van der Waals surface area contributed by atoms with Crippen LogP contribution in [0.15, 0.2) is 18.2 Å². The van der Waals surface area contributed by atoms with Crippen LogP contribution in [0, 0.1) is 0 Å². The van der Waals surface area contributed by atoms with Crippen LogP contribution in [0.3, 0.4) is 0 Å². The minimum absolute atomic E-state index is 0.000526. The van der Waals surface area contributed by atoms with Crippen LogP contribution in [-0.2, 0) is 14.3 Å². The van der Waals surface area contributed by atoms with Crippen LogP contribution in [0.2, 0.25) is 5.02 Å². The second-order valence-electron chi connectivity index (χ2n) is 7.07. The first-order chi connectivity index (χ1) is 13.0. The summed E-state index contributed by atoms with van der Waals surface area (Å²) in [5.74, 6) is 0.288. The highest BCUT2D eigenvalue weighted by molar-refractivity contribution is 7.18. The Morgan fingerprint density at radius 3 is 2.78 bits per heavy atom. The summed E-state index contributed by atoms with van der Waals surface area (Å²) in [5.41, 5.74) is 0.942. The van der Waals surface area contributed by atoms with E-state index in [1.807, 2.05) is 23.1 Å². The summed E-state index contributed by atoms with van der Waals surface area (Å²) in [4.78, 5) is 33.0. The highest BCUT2D eigenvalue weighted by Crippen LogP contribution is 2.35. The number of likely N-dealkylation sites (tertiary alicyclic amines) is 1. The van der Waals surface area contributed by atoms with Crippen molar-refractivity contribution in [1.29, 1.82) is 0 Å². The van der Waals surface area contributed by atoms with Gasteiger partial charge in [0.25, 0.3) is 0 Å². The van der Waals surface area contributed by atoms with Gasteiger partial charge in [0.15, 0.2) is 0 Å². The van der Waals surface area contributed by atoms with E-state index in [0.29, 0.717) is 37.2 Å². The van der Waals surface area contributed by atoms with Crippen molar-refractivity contribution in [3.05, 3.63) is 28.2 Å². The van der Waals surface area contributed by atoms with Crippen molar-refractivity contribution in [2.75, 3.05) is 32.8 Å². The summed E-state index contributed by atoms with van der Waals surface area (Å²) in [6, 6.07) is 5.31. The Morgan fingerprint density at radius 1 is 1.26 bits per heavy atom. The summed E-state index contributed by atoms with van der Waals surface area (Å²) in [7, 11) is 0. The highest BCUT2D eigenvalue weighted by Gasteiger charge is 2.36. The Morgan fingerprint density at radius 2 is 2.04 bits per heavy atom. The lowest BCUT2D eigenvalue weighted by Crippen LogP contribution is -2.57. The third-order valence-electron chi connectivity index (χ3n) is 5.34. The normalized spacial score (nSPS) is 21.6. The zero-order chi connectivity index (χ0) is 19.0.